The van der Waals surface area contributed by atoms with Crippen LogP contribution < -0.4 is 10.9 Å². The van der Waals surface area contributed by atoms with Crippen molar-refractivity contribution in [2.45, 2.75) is 12.7 Å². The van der Waals surface area contributed by atoms with Crippen molar-refractivity contribution in [3.63, 3.8) is 0 Å². The highest BCUT2D eigenvalue weighted by atomic mass is 35.5. The van der Waals surface area contributed by atoms with Crippen LogP contribution in [-0.4, -0.2) is 15.5 Å². The van der Waals surface area contributed by atoms with Crippen molar-refractivity contribution in [1.82, 2.24) is 9.55 Å². The zero-order valence-electron chi connectivity index (χ0n) is 10.9. The van der Waals surface area contributed by atoms with Crippen molar-refractivity contribution in [3.05, 3.63) is 57.7 Å². The van der Waals surface area contributed by atoms with Crippen LogP contribution in [0.25, 0.3) is 0 Å². The largest absolute Gasteiger partial charge is 0.421 e. The van der Waals surface area contributed by atoms with E-state index in [1.807, 2.05) is 0 Å². The van der Waals surface area contributed by atoms with Gasteiger partial charge in [0.25, 0.3) is 5.56 Å². The van der Waals surface area contributed by atoms with Gasteiger partial charge in [-0.1, -0.05) is 11.6 Å². The monoisotopic (exact) mass is 331 g/mol. The highest BCUT2D eigenvalue weighted by Gasteiger charge is 2.34. The van der Waals surface area contributed by atoms with Gasteiger partial charge in [0.1, 0.15) is 12.1 Å². The number of aromatic nitrogens is 2. The van der Waals surface area contributed by atoms with Gasteiger partial charge in [0.2, 0.25) is 5.91 Å². The first-order valence-electron chi connectivity index (χ1n) is 5.96. The normalized spacial score (nSPS) is 11.3. The summed E-state index contributed by atoms with van der Waals surface area (Å²) in [5.74, 6) is -0.698. The second-order valence-corrected chi connectivity index (χ2v) is 4.60. The standard InChI is InChI=1S/C13H9ClF3N3O2/c14-11-9(4-1-5-18-11)19-10(21)7-20-6-2-3-8(12(20)22)13(15,16)17/h1-6H,7H2,(H,19,21). The minimum absolute atomic E-state index is 0.0345. The maximum atomic E-state index is 12.6. The average Bonchev–Trinajstić information content (AvgIpc) is 2.42. The third kappa shape index (κ3) is 3.64. The first-order chi connectivity index (χ1) is 10.3. The van der Waals surface area contributed by atoms with Gasteiger partial charge < -0.3 is 9.88 Å². The summed E-state index contributed by atoms with van der Waals surface area (Å²) in [6.07, 6.45) is -2.26. The minimum atomic E-state index is -4.77. The Morgan fingerprint density at radius 2 is 2.05 bits per heavy atom. The Morgan fingerprint density at radius 1 is 1.32 bits per heavy atom. The molecule has 1 amide bonds. The molecule has 0 aliphatic rings. The molecular weight excluding hydrogens is 323 g/mol. The van der Waals surface area contributed by atoms with E-state index in [4.69, 9.17) is 11.6 Å². The number of carbonyl (C=O) groups excluding carboxylic acids is 1. The van der Waals surface area contributed by atoms with Crippen LogP contribution in [0.4, 0.5) is 18.9 Å². The van der Waals surface area contributed by atoms with E-state index in [2.05, 4.69) is 10.3 Å². The number of hydrogen-bond donors (Lipinski definition) is 1. The summed E-state index contributed by atoms with van der Waals surface area (Å²) in [7, 11) is 0. The Balaban J connectivity index is 2.20. The van der Waals surface area contributed by atoms with Gasteiger partial charge in [-0.3, -0.25) is 9.59 Å². The molecule has 0 saturated heterocycles. The lowest BCUT2D eigenvalue weighted by Crippen LogP contribution is -2.32. The molecule has 0 atom stereocenters. The van der Waals surface area contributed by atoms with E-state index in [-0.39, 0.29) is 10.8 Å². The number of nitrogens with one attached hydrogen (secondary N) is 1. The van der Waals surface area contributed by atoms with Crippen molar-refractivity contribution in [1.29, 1.82) is 0 Å². The maximum absolute atomic E-state index is 12.6. The van der Waals surface area contributed by atoms with Gasteiger partial charge in [-0.25, -0.2) is 4.98 Å². The van der Waals surface area contributed by atoms with Crippen LogP contribution in [0.15, 0.2) is 41.5 Å². The van der Waals surface area contributed by atoms with Gasteiger partial charge >= 0.3 is 6.18 Å². The molecule has 0 aromatic carbocycles. The molecule has 0 fully saturated rings. The Kier molecular flexibility index (Phi) is 4.51. The van der Waals surface area contributed by atoms with Gasteiger partial charge in [-0.05, 0) is 24.3 Å². The number of nitrogens with zero attached hydrogens (tertiary/aromatic N) is 2. The summed E-state index contributed by atoms with van der Waals surface area (Å²) in [6.45, 7) is -0.575. The van der Waals surface area contributed by atoms with E-state index in [0.29, 0.717) is 10.6 Å². The molecule has 9 heteroatoms. The van der Waals surface area contributed by atoms with Crippen LogP contribution in [0, 0.1) is 0 Å². The molecule has 22 heavy (non-hydrogen) atoms. The van der Waals surface area contributed by atoms with Crippen LogP contribution >= 0.6 is 11.6 Å². The zero-order valence-corrected chi connectivity index (χ0v) is 11.6. The molecule has 0 bridgehead atoms. The summed E-state index contributed by atoms with van der Waals surface area (Å²) in [4.78, 5) is 27.2. The summed E-state index contributed by atoms with van der Waals surface area (Å²) < 4.78 is 38.5. The SMILES string of the molecule is O=C(Cn1cccc(C(F)(F)F)c1=O)Nc1cccnc1Cl. The molecule has 0 spiro atoms. The summed E-state index contributed by atoms with van der Waals surface area (Å²) in [6, 6.07) is 4.71. The van der Waals surface area contributed by atoms with Crippen molar-refractivity contribution in [2.24, 2.45) is 0 Å². The van der Waals surface area contributed by atoms with Crippen molar-refractivity contribution in [2.75, 3.05) is 5.32 Å². The lowest BCUT2D eigenvalue weighted by Gasteiger charge is -2.11. The lowest BCUT2D eigenvalue weighted by molar-refractivity contribution is -0.139. The molecule has 5 nitrogen and oxygen atoms in total. The van der Waals surface area contributed by atoms with E-state index in [0.717, 1.165) is 12.3 Å². The third-order valence-corrected chi connectivity index (χ3v) is 2.97. The summed E-state index contributed by atoms with van der Waals surface area (Å²) in [5.41, 5.74) is -2.42. The molecule has 116 valence electrons. The van der Waals surface area contributed by atoms with Crippen LogP contribution in [0.2, 0.25) is 5.15 Å². The molecule has 0 radical (unpaired) electrons. The Hall–Kier alpha value is -2.35. The molecule has 0 unspecified atom stereocenters. The first-order valence-corrected chi connectivity index (χ1v) is 6.34. The highest BCUT2D eigenvalue weighted by Crippen LogP contribution is 2.26. The van der Waals surface area contributed by atoms with Gasteiger partial charge in [0.05, 0.1) is 5.69 Å². The third-order valence-electron chi connectivity index (χ3n) is 2.67. The molecule has 2 heterocycles. The number of amides is 1. The number of halogens is 4. The molecule has 2 aromatic rings. The minimum Gasteiger partial charge on any atom is -0.322 e. The quantitative estimate of drug-likeness (QED) is 0.879. The van der Waals surface area contributed by atoms with E-state index in [1.165, 1.54) is 18.3 Å². The van der Waals surface area contributed by atoms with Crippen molar-refractivity contribution in [3.8, 4) is 0 Å². The van der Waals surface area contributed by atoms with Crippen LogP contribution in [0.3, 0.4) is 0 Å². The maximum Gasteiger partial charge on any atom is 0.421 e. The first kappa shape index (κ1) is 16.0. The van der Waals surface area contributed by atoms with Crippen LogP contribution in [0.1, 0.15) is 5.56 Å². The number of carbonyl (C=O) groups is 1. The number of hydrogen-bond acceptors (Lipinski definition) is 3. The predicted molar refractivity (Wildman–Crippen MR) is 73.6 cm³/mol. The van der Waals surface area contributed by atoms with E-state index in [9.17, 15) is 22.8 Å². The van der Waals surface area contributed by atoms with E-state index in [1.54, 1.807) is 0 Å². The Morgan fingerprint density at radius 3 is 2.68 bits per heavy atom. The molecular formula is C13H9ClF3N3O2. The molecule has 1 N–H and O–H groups in total. The number of pyridine rings is 2. The van der Waals surface area contributed by atoms with Crippen LogP contribution in [-0.2, 0) is 17.5 Å². The smallest absolute Gasteiger partial charge is 0.322 e. The predicted octanol–water partition coefficient (Wildman–Crippen LogP) is 2.55. The average molecular weight is 332 g/mol. The second-order valence-electron chi connectivity index (χ2n) is 4.24. The van der Waals surface area contributed by atoms with Crippen molar-refractivity contribution < 1.29 is 18.0 Å². The Labute approximate surface area is 127 Å². The second kappa shape index (κ2) is 6.18. The highest BCUT2D eigenvalue weighted by molar-refractivity contribution is 6.32. The number of anilines is 1. The summed E-state index contributed by atoms with van der Waals surface area (Å²) in [5, 5.41) is 2.40. The Bertz CT molecular complexity index is 759. The van der Waals surface area contributed by atoms with E-state index < -0.39 is 29.8 Å². The molecule has 2 aromatic heterocycles. The molecule has 2 rings (SSSR count). The van der Waals surface area contributed by atoms with Gasteiger partial charge in [-0.2, -0.15) is 13.2 Å². The molecule has 0 saturated carbocycles. The summed E-state index contributed by atoms with van der Waals surface area (Å²) >= 11 is 5.74. The topological polar surface area (TPSA) is 64.0 Å². The number of rotatable bonds is 3. The van der Waals surface area contributed by atoms with Crippen LogP contribution in [0.5, 0.6) is 0 Å². The van der Waals surface area contributed by atoms with E-state index >= 15 is 0 Å². The van der Waals surface area contributed by atoms with Gasteiger partial charge in [0, 0.05) is 12.4 Å². The van der Waals surface area contributed by atoms with Gasteiger partial charge in [-0.15, -0.1) is 0 Å². The zero-order chi connectivity index (χ0) is 16.3. The van der Waals surface area contributed by atoms with Gasteiger partial charge in [0.15, 0.2) is 5.15 Å². The fourth-order valence-electron chi connectivity index (χ4n) is 1.70. The molecule has 0 aliphatic heterocycles. The lowest BCUT2D eigenvalue weighted by atomic mass is 10.2. The molecule has 0 aliphatic carbocycles. The van der Waals surface area contributed by atoms with Crippen molar-refractivity contribution >= 4 is 23.2 Å². The fraction of sp³-hybridized carbons (Fsp3) is 0.154. The number of alkyl halides is 3. The fourth-order valence-corrected chi connectivity index (χ4v) is 1.87.